The Bertz CT molecular complexity index is 373. The molecule has 0 aromatic heterocycles. The third kappa shape index (κ3) is 2.31. The monoisotopic (exact) mass is 244 g/mol. The lowest BCUT2D eigenvalue weighted by molar-refractivity contribution is 0.144. The third-order valence-corrected chi connectivity index (χ3v) is 5.84. The first-order chi connectivity index (χ1) is 8.69. The molecule has 100 valence electrons. The molecule has 0 aromatic rings. The number of rotatable bonds is 4. The van der Waals surface area contributed by atoms with Crippen LogP contribution in [-0.2, 0) is 0 Å². The molecule has 0 spiro atoms. The largest absolute Gasteiger partial charge is 0.0782 e. The molecule has 5 atom stereocenters. The maximum atomic E-state index is 2.59. The van der Waals surface area contributed by atoms with E-state index in [1.807, 2.05) is 0 Å². The van der Waals surface area contributed by atoms with E-state index >= 15 is 0 Å². The average molecular weight is 244 g/mol. The maximum absolute atomic E-state index is 2.59. The van der Waals surface area contributed by atoms with Crippen molar-refractivity contribution in [2.24, 2.45) is 29.6 Å². The zero-order valence-electron chi connectivity index (χ0n) is 12.3. The van der Waals surface area contributed by atoms with Crippen LogP contribution in [0.15, 0.2) is 23.3 Å². The summed E-state index contributed by atoms with van der Waals surface area (Å²) in [6.07, 6.45) is 13.8. The highest BCUT2D eigenvalue weighted by atomic mass is 14.5. The molecule has 3 fully saturated rings. The highest BCUT2D eigenvalue weighted by Crippen LogP contribution is 2.52. The fraction of sp³-hybridized carbons (Fsp3) is 0.778. The fourth-order valence-electron chi connectivity index (χ4n) is 4.33. The van der Waals surface area contributed by atoms with Crippen molar-refractivity contribution in [3.05, 3.63) is 23.3 Å². The van der Waals surface area contributed by atoms with Crippen LogP contribution in [0, 0.1) is 29.6 Å². The van der Waals surface area contributed by atoms with Gasteiger partial charge in [0.2, 0.25) is 0 Å². The van der Waals surface area contributed by atoms with E-state index < -0.39 is 0 Å². The zero-order valence-corrected chi connectivity index (χ0v) is 12.3. The summed E-state index contributed by atoms with van der Waals surface area (Å²) in [6, 6.07) is 0. The first-order valence-corrected chi connectivity index (χ1v) is 8.08. The van der Waals surface area contributed by atoms with Crippen LogP contribution in [-0.4, -0.2) is 0 Å². The van der Waals surface area contributed by atoms with E-state index in [0.29, 0.717) is 0 Å². The van der Waals surface area contributed by atoms with E-state index in [2.05, 4.69) is 32.9 Å². The highest BCUT2D eigenvalue weighted by Gasteiger charge is 2.42. The summed E-state index contributed by atoms with van der Waals surface area (Å²) in [4.78, 5) is 0. The quantitative estimate of drug-likeness (QED) is 0.624. The molecule has 0 bridgehead atoms. The summed E-state index contributed by atoms with van der Waals surface area (Å²) >= 11 is 0. The Balaban J connectivity index is 1.56. The van der Waals surface area contributed by atoms with E-state index in [1.54, 1.807) is 11.1 Å². The number of hydrogen-bond donors (Lipinski definition) is 0. The number of allylic oxidation sites excluding steroid dienone is 4. The number of fused-ring (bicyclic) bond motifs is 1. The van der Waals surface area contributed by atoms with Crippen molar-refractivity contribution in [2.45, 2.75) is 59.3 Å². The van der Waals surface area contributed by atoms with Crippen LogP contribution >= 0.6 is 0 Å². The van der Waals surface area contributed by atoms with Crippen LogP contribution in [0.4, 0.5) is 0 Å². The van der Waals surface area contributed by atoms with Gasteiger partial charge >= 0.3 is 0 Å². The summed E-state index contributed by atoms with van der Waals surface area (Å²) < 4.78 is 0. The minimum absolute atomic E-state index is 0.895. The molecule has 0 aliphatic heterocycles. The molecule has 3 aliphatic rings. The summed E-state index contributed by atoms with van der Waals surface area (Å²) in [5.41, 5.74) is 3.27. The second kappa shape index (κ2) is 4.87. The van der Waals surface area contributed by atoms with E-state index in [4.69, 9.17) is 0 Å². The standard InChI is InChI=1S/C18H28/c1-4-13(3)18-11-16(18)9-12(2)8-15-10-14-6-5-7-17(14)15/h8-9,13-15,17-18H,4-7,10-11H2,1-3H3. The van der Waals surface area contributed by atoms with Crippen LogP contribution in [0.2, 0.25) is 0 Å². The van der Waals surface area contributed by atoms with Crippen molar-refractivity contribution in [3.8, 4) is 0 Å². The Morgan fingerprint density at radius 2 is 2.22 bits per heavy atom. The molecule has 0 N–H and O–H groups in total. The topological polar surface area (TPSA) is 0 Å². The van der Waals surface area contributed by atoms with Gasteiger partial charge in [0, 0.05) is 0 Å². The van der Waals surface area contributed by atoms with Crippen LogP contribution < -0.4 is 0 Å². The molecule has 5 unspecified atom stereocenters. The minimum atomic E-state index is 0.895. The van der Waals surface area contributed by atoms with Crippen LogP contribution in [0.25, 0.3) is 0 Å². The van der Waals surface area contributed by atoms with Gasteiger partial charge in [-0.2, -0.15) is 0 Å². The van der Waals surface area contributed by atoms with Gasteiger partial charge in [-0.05, 0) is 55.8 Å². The van der Waals surface area contributed by atoms with E-state index in [0.717, 1.165) is 29.6 Å². The van der Waals surface area contributed by atoms with E-state index in [1.165, 1.54) is 38.5 Å². The van der Waals surface area contributed by atoms with Gasteiger partial charge in [0.05, 0.1) is 0 Å². The lowest BCUT2D eigenvalue weighted by atomic mass is 9.66. The molecule has 0 aromatic carbocycles. The molecule has 3 rings (SSSR count). The molecule has 18 heavy (non-hydrogen) atoms. The van der Waals surface area contributed by atoms with Gasteiger partial charge in [0.25, 0.3) is 0 Å². The third-order valence-electron chi connectivity index (χ3n) is 5.84. The first kappa shape index (κ1) is 12.5. The van der Waals surface area contributed by atoms with Gasteiger partial charge in [0.15, 0.2) is 0 Å². The molecule has 3 aliphatic carbocycles. The summed E-state index contributed by atoms with van der Waals surface area (Å²) in [7, 11) is 0. The van der Waals surface area contributed by atoms with Crippen molar-refractivity contribution in [1.29, 1.82) is 0 Å². The van der Waals surface area contributed by atoms with Crippen molar-refractivity contribution >= 4 is 0 Å². The molecule has 0 heterocycles. The highest BCUT2D eigenvalue weighted by molar-refractivity contribution is 5.33. The molecule has 0 amide bonds. The smallest absolute Gasteiger partial charge is 0.0137 e. The van der Waals surface area contributed by atoms with Crippen molar-refractivity contribution in [3.63, 3.8) is 0 Å². The van der Waals surface area contributed by atoms with Crippen molar-refractivity contribution in [2.75, 3.05) is 0 Å². The predicted octanol–water partition coefficient (Wildman–Crippen LogP) is 5.36. The zero-order chi connectivity index (χ0) is 12.7. The Morgan fingerprint density at radius 1 is 1.39 bits per heavy atom. The van der Waals surface area contributed by atoms with E-state index in [-0.39, 0.29) is 0 Å². The molecule has 0 radical (unpaired) electrons. The fourth-order valence-corrected chi connectivity index (χ4v) is 4.33. The van der Waals surface area contributed by atoms with Gasteiger partial charge < -0.3 is 0 Å². The lowest BCUT2D eigenvalue weighted by Crippen LogP contribution is -2.31. The molecule has 0 heteroatoms. The summed E-state index contributed by atoms with van der Waals surface area (Å²) in [5, 5.41) is 0. The SMILES string of the molecule is CCC(C)C1CC1=CC(C)=CC1CC2CCCC12. The molecular weight excluding hydrogens is 216 g/mol. The first-order valence-electron chi connectivity index (χ1n) is 8.08. The van der Waals surface area contributed by atoms with E-state index in [9.17, 15) is 0 Å². The Morgan fingerprint density at radius 3 is 2.94 bits per heavy atom. The van der Waals surface area contributed by atoms with Gasteiger partial charge in [-0.3, -0.25) is 0 Å². The molecule has 3 saturated carbocycles. The van der Waals surface area contributed by atoms with Gasteiger partial charge in [0.1, 0.15) is 0 Å². The molecule has 0 nitrogen and oxygen atoms in total. The Labute approximate surface area is 113 Å². The van der Waals surface area contributed by atoms with Gasteiger partial charge in [-0.1, -0.05) is 56.4 Å². The van der Waals surface area contributed by atoms with Crippen LogP contribution in [0.3, 0.4) is 0 Å². The second-order valence-electron chi connectivity index (χ2n) is 7.08. The normalized spacial score (nSPS) is 42.6. The Kier molecular flexibility index (Phi) is 3.38. The second-order valence-corrected chi connectivity index (χ2v) is 7.08. The van der Waals surface area contributed by atoms with Crippen molar-refractivity contribution < 1.29 is 0 Å². The summed E-state index contributed by atoms with van der Waals surface area (Å²) in [5.74, 6) is 4.89. The lowest BCUT2D eigenvalue weighted by Gasteiger charge is -2.39. The van der Waals surface area contributed by atoms with Gasteiger partial charge in [-0.25, -0.2) is 0 Å². The average Bonchev–Trinajstić information content (AvgIpc) is 2.99. The minimum Gasteiger partial charge on any atom is -0.0782 e. The Hall–Kier alpha value is -0.520. The van der Waals surface area contributed by atoms with Gasteiger partial charge in [-0.15, -0.1) is 0 Å². The van der Waals surface area contributed by atoms with Crippen LogP contribution in [0.1, 0.15) is 59.3 Å². The van der Waals surface area contributed by atoms with Crippen molar-refractivity contribution in [1.82, 2.24) is 0 Å². The molecule has 0 saturated heterocycles. The van der Waals surface area contributed by atoms with Crippen LogP contribution in [0.5, 0.6) is 0 Å². The number of hydrogen-bond acceptors (Lipinski definition) is 0. The molecular formula is C18H28. The predicted molar refractivity (Wildman–Crippen MR) is 78.3 cm³/mol. The summed E-state index contributed by atoms with van der Waals surface area (Å²) in [6.45, 7) is 7.04. The maximum Gasteiger partial charge on any atom is -0.0137 e.